The Morgan fingerprint density at radius 3 is 2.47 bits per heavy atom. The van der Waals surface area contributed by atoms with E-state index in [4.69, 9.17) is 0 Å². The Kier molecular flexibility index (Phi) is 4.04. The lowest BCUT2D eigenvalue weighted by Crippen LogP contribution is -2.46. The second-order valence-electron chi connectivity index (χ2n) is 5.36. The minimum Gasteiger partial charge on any atom is -0.391 e. The van der Waals surface area contributed by atoms with Gasteiger partial charge in [-0.1, -0.05) is 19.8 Å². The number of aliphatic hydroxyl groups is 1. The number of hydrogen-bond acceptors (Lipinski definition) is 2. The highest BCUT2D eigenvalue weighted by molar-refractivity contribution is 4.86. The Balaban J connectivity index is 1.88. The molecule has 2 rings (SSSR count). The minimum absolute atomic E-state index is 0.0518. The molecular formula is C13H25NO. The quantitative estimate of drug-likeness (QED) is 0.755. The zero-order valence-corrected chi connectivity index (χ0v) is 9.99. The van der Waals surface area contributed by atoms with Crippen molar-refractivity contribution in [1.29, 1.82) is 0 Å². The molecule has 2 fully saturated rings. The van der Waals surface area contributed by atoms with Crippen LogP contribution in [0.3, 0.4) is 0 Å². The Hall–Kier alpha value is -0.0800. The summed E-state index contributed by atoms with van der Waals surface area (Å²) >= 11 is 0. The highest BCUT2D eigenvalue weighted by atomic mass is 16.3. The number of aliphatic hydroxyl groups excluding tert-OH is 1. The summed E-state index contributed by atoms with van der Waals surface area (Å²) in [5.74, 6) is 0.950. The normalized spacial score (nSPS) is 32.2. The van der Waals surface area contributed by atoms with Crippen LogP contribution in [0.25, 0.3) is 0 Å². The molecule has 2 heteroatoms. The van der Waals surface area contributed by atoms with E-state index in [2.05, 4.69) is 11.8 Å². The lowest BCUT2D eigenvalue weighted by atomic mass is 9.91. The van der Waals surface area contributed by atoms with E-state index >= 15 is 0 Å². The van der Waals surface area contributed by atoms with Gasteiger partial charge >= 0.3 is 0 Å². The summed E-state index contributed by atoms with van der Waals surface area (Å²) in [6.45, 7) is 4.67. The summed E-state index contributed by atoms with van der Waals surface area (Å²) < 4.78 is 0. The second kappa shape index (κ2) is 5.31. The van der Waals surface area contributed by atoms with Gasteiger partial charge in [-0.25, -0.2) is 0 Å². The SMILES string of the molecule is CCCN(CC1CC1)[C@@H]1CCCC[C@H]1O. The highest BCUT2D eigenvalue weighted by Gasteiger charge is 2.32. The third-order valence-electron chi connectivity index (χ3n) is 3.86. The Morgan fingerprint density at radius 1 is 1.13 bits per heavy atom. The van der Waals surface area contributed by atoms with Crippen molar-refractivity contribution in [3.63, 3.8) is 0 Å². The molecule has 0 saturated heterocycles. The molecule has 1 N–H and O–H groups in total. The van der Waals surface area contributed by atoms with Gasteiger partial charge in [-0.15, -0.1) is 0 Å². The van der Waals surface area contributed by atoms with Crippen molar-refractivity contribution in [2.24, 2.45) is 5.92 Å². The first kappa shape index (κ1) is 11.4. The summed E-state index contributed by atoms with van der Waals surface area (Å²) in [7, 11) is 0. The highest BCUT2D eigenvalue weighted by Crippen LogP contribution is 2.32. The molecule has 0 spiro atoms. The molecule has 88 valence electrons. The van der Waals surface area contributed by atoms with E-state index in [0.717, 1.165) is 12.3 Å². The van der Waals surface area contributed by atoms with Gasteiger partial charge < -0.3 is 5.11 Å². The molecule has 2 nitrogen and oxygen atoms in total. The topological polar surface area (TPSA) is 23.5 Å². The van der Waals surface area contributed by atoms with Gasteiger partial charge in [0.15, 0.2) is 0 Å². The van der Waals surface area contributed by atoms with Crippen molar-refractivity contribution in [3.8, 4) is 0 Å². The Bertz CT molecular complexity index is 191. The van der Waals surface area contributed by atoms with Crippen LogP contribution >= 0.6 is 0 Å². The third-order valence-corrected chi connectivity index (χ3v) is 3.86. The predicted molar refractivity (Wildman–Crippen MR) is 62.9 cm³/mol. The predicted octanol–water partition coefficient (Wildman–Crippen LogP) is 2.41. The van der Waals surface area contributed by atoms with Gasteiger partial charge in [-0.3, -0.25) is 4.90 Å². The molecule has 0 aromatic carbocycles. The maximum absolute atomic E-state index is 10.1. The van der Waals surface area contributed by atoms with Crippen LogP contribution in [0.4, 0.5) is 0 Å². The van der Waals surface area contributed by atoms with E-state index in [1.165, 1.54) is 51.6 Å². The van der Waals surface area contributed by atoms with Crippen LogP contribution in [0.15, 0.2) is 0 Å². The molecule has 0 aromatic rings. The molecular weight excluding hydrogens is 186 g/mol. The molecule has 2 atom stereocenters. The Morgan fingerprint density at radius 2 is 1.87 bits per heavy atom. The van der Waals surface area contributed by atoms with Crippen LogP contribution in [-0.2, 0) is 0 Å². The smallest absolute Gasteiger partial charge is 0.0695 e. The first-order valence-corrected chi connectivity index (χ1v) is 6.73. The van der Waals surface area contributed by atoms with E-state index in [-0.39, 0.29) is 6.10 Å². The average molecular weight is 211 g/mol. The monoisotopic (exact) mass is 211 g/mol. The van der Waals surface area contributed by atoms with E-state index in [0.29, 0.717) is 6.04 Å². The molecule has 0 aromatic heterocycles. The van der Waals surface area contributed by atoms with Gasteiger partial charge in [0.05, 0.1) is 6.10 Å². The van der Waals surface area contributed by atoms with Crippen molar-refractivity contribution in [2.75, 3.05) is 13.1 Å². The average Bonchev–Trinajstić information content (AvgIpc) is 3.02. The fourth-order valence-corrected chi connectivity index (χ4v) is 2.83. The van der Waals surface area contributed by atoms with Crippen LogP contribution in [0, 0.1) is 5.92 Å². The fraction of sp³-hybridized carbons (Fsp3) is 1.00. The van der Waals surface area contributed by atoms with Crippen LogP contribution in [0.5, 0.6) is 0 Å². The third kappa shape index (κ3) is 3.18. The molecule has 0 bridgehead atoms. The molecule has 2 saturated carbocycles. The number of hydrogen-bond donors (Lipinski definition) is 1. The zero-order valence-electron chi connectivity index (χ0n) is 9.99. The summed E-state index contributed by atoms with van der Waals surface area (Å²) in [5.41, 5.74) is 0. The maximum atomic E-state index is 10.1. The summed E-state index contributed by atoms with van der Waals surface area (Å²) in [4.78, 5) is 2.57. The van der Waals surface area contributed by atoms with Gasteiger partial charge in [0.2, 0.25) is 0 Å². The van der Waals surface area contributed by atoms with E-state index in [9.17, 15) is 5.11 Å². The summed E-state index contributed by atoms with van der Waals surface area (Å²) in [6.07, 6.45) is 8.78. The van der Waals surface area contributed by atoms with Crippen molar-refractivity contribution in [2.45, 2.75) is 64.0 Å². The van der Waals surface area contributed by atoms with E-state index < -0.39 is 0 Å². The van der Waals surface area contributed by atoms with Gasteiger partial charge in [0, 0.05) is 12.6 Å². The van der Waals surface area contributed by atoms with Crippen LogP contribution in [0.2, 0.25) is 0 Å². The van der Waals surface area contributed by atoms with Gasteiger partial charge in [-0.2, -0.15) is 0 Å². The van der Waals surface area contributed by atoms with E-state index in [1.54, 1.807) is 0 Å². The standard InChI is InChI=1S/C13H25NO/c1-2-9-14(10-11-7-8-11)12-5-3-4-6-13(12)15/h11-13,15H,2-10H2,1H3/t12-,13-/m1/s1. The minimum atomic E-state index is -0.0518. The van der Waals surface area contributed by atoms with Crippen molar-refractivity contribution >= 4 is 0 Å². The number of nitrogens with zero attached hydrogens (tertiary/aromatic N) is 1. The zero-order chi connectivity index (χ0) is 10.7. The van der Waals surface area contributed by atoms with Crippen LogP contribution < -0.4 is 0 Å². The Labute approximate surface area is 93.7 Å². The summed E-state index contributed by atoms with van der Waals surface area (Å²) in [5, 5.41) is 10.1. The molecule has 0 radical (unpaired) electrons. The largest absolute Gasteiger partial charge is 0.391 e. The van der Waals surface area contributed by atoms with Gasteiger partial charge in [0.25, 0.3) is 0 Å². The van der Waals surface area contributed by atoms with Crippen LogP contribution in [-0.4, -0.2) is 35.2 Å². The van der Waals surface area contributed by atoms with Crippen molar-refractivity contribution in [3.05, 3.63) is 0 Å². The van der Waals surface area contributed by atoms with Crippen molar-refractivity contribution < 1.29 is 5.11 Å². The van der Waals surface area contributed by atoms with E-state index in [1.807, 2.05) is 0 Å². The van der Waals surface area contributed by atoms with Crippen LogP contribution in [0.1, 0.15) is 51.9 Å². The molecule has 0 heterocycles. The summed E-state index contributed by atoms with van der Waals surface area (Å²) in [6, 6.07) is 0.472. The van der Waals surface area contributed by atoms with Gasteiger partial charge in [-0.05, 0) is 44.6 Å². The maximum Gasteiger partial charge on any atom is 0.0695 e. The van der Waals surface area contributed by atoms with Crippen molar-refractivity contribution in [1.82, 2.24) is 4.90 Å². The molecule has 15 heavy (non-hydrogen) atoms. The molecule has 0 aliphatic heterocycles. The fourth-order valence-electron chi connectivity index (χ4n) is 2.83. The molecule has 0 amide bonds. The first-order chi connectivity index (χ1) is 7.31. The molecule has 2 aliphatic carbocycles. The van der Waals surface area contributed by atoms with Gasteiger partial charge in [0.1, 0.15) is 0 Å². The lowest BCUT2D eigenvalue weighted by Gasteiger charge is -2.37. The molecule has 0 unspecified atom stereocenters. The lowest BCUT2D eigenvalue weighted by molar-refractivity contribution is 0.0175. The molecule has 2 aliphatic rings. The second-order valence-corrected chi connectivity index (χ2v) is 5.36. The number of rotatable bonds is 5. The first-order valence-electron chi connectivity index (χ1n) is 6.73.